The predicted molar refractivity (Wildman–Crippen MR) is 72.4 cm³/mol. The topological polar surface area (TPSA) is 93.5 Å². The van der Waals surface area contributed by atoms with Gasteiger partial charge in [0.25, 0.3) is 0 Å². The van der Waals surface area contributed by atoms with Crippen molar-refractivity contribution in [2.45, 2.75) is 35.9 Å². The largest absolute Gasteiger partial charge is 0.384 e. The molecule has 2 aromatic rings. The van der Waals surface area contributed by atoms with Gasteiger partial charge in [-0.25, -0.2) is 4.68 Å². The molecule has 98 valence electrons. The molecule has 0 bridgehead atoms. The third-order valence-electron chi connectivity index (χ3n) is 2.98. The van der Waals surface area contributed by atoms with Gasteiger partial charge in [0.2, 0.25) is 5.16 Å². The van der Waals surface area contributed by atoms with E-state index in [1.165, 1.54) is 11.8 Å². The van der Waals surface area contributed by atoms with Gasteiger partial charge in [0.1, 0.15) is 5.84 Å². The molecule has 3 rings (SSSR count). The van der Waals surface area contributed by atoms with Crippen LogP contribution in [0, 0.1) is 12.3 Å². The molecule has 1 saturated carbocycles. The Hall–Kier alpha value is -1.89. The number of nitrogens with one attached hydrogen (secondary N) is 1. The summed E-state index contributed by atoms with van der Waals surface area (Å²) >= 11 is 1.46. The highest BCUT2D eigenvalue weighted by Crippen LogP contribution is 2.38. The van der Waals surface area contributed by atoms with Crippen LogP contribution < -0.4 is 5.73 Å². The molecule has 1 heterocycles. The Morgan fingerprint density at radius 3 is 2.95 bits per heavy atom. The summed E-state index contributed by atoms with van der Waals surface area (Å²) in [6.07, 6.45) is 2.26. The number of tetrazole rings is 1. The summed E-state index contributed by atoms with van der Waals surface area (Å²) in [6, 6.07) is 6.31. The van der Waals surface area contributed by atoms with Crippen molar-refractivity contribution in [1.29, 1.82) is 5.41 Å². The van der Waals surface area contributed by atoms with Crippen molar-refractivity contribution in [2.24, 2.45) is 5.73 Å². The third-order valence-corrected chi connectivity index (χ3v) is 4.01. The molecule has 0 radical (unpaired) electrons. The van der Waals surface area contributed by atoms with Gasteiger partial charge in [-0.05, 0) is 54.1 Å². The van der Waals surface area contributed by atoms with Gasteiger partial charge in [-0.2, -0.15) is 0 Å². The van der Waals surface area contributed by atoms with E-state index in [4.69, 9.17) is 11.1 Å². The van der Waals surface area contributed by atoms with E-state index in [-0.39, 0.29) is 5.84 Å². The van der Waals surface area contributed by atoms with Crippen LogP contribution in [0.25, 0.3) is 0 Å². The molecule has 0 unspecified atom stereocenters. The Labute approximate surface area is 114 Å². The molecule has 0 aliphatic heterocycles. The normalized spacial score (nSPS) is 14.6. The van der Waals surface area contributed by atoms with Crippen molar-refractivity contribution < 1.29 is 0 Å². The van der Waals surface area contributed by atoms with Gasteiger partial charge in [0.05, 0.1) is 6.04 Å². The van der Waals surface area contributed by atoms with Crippen LogP contribution in [-0.2, 0) is 0 Å². The molecule has 6 nitrogen and oxygen atoms in total. The summed E-state index contributed by atoms with van der Waals surface area (Å²) in [5, 5.41) is 20.2. The maximum absolute atomic E-state index is 7.66. The molecule has 1 fully saturated rings. The molecule has 1 aromatic carbocycles. The second-order valence-corrected chi connectivity index (χ2v) is 5.66. The van der Waals surface area contributed by atoms with E-state index < -0.39 is 0 Å². The first-order valence-electron chi connectivity index (χ1n) is 6.06. The molecule has 0 atom stereocenters. The van der Waals surface area contributed by atoms with E-state index in [1.54, 1.807) is 0 Å². The zero-order valence-electron chi connectivity index (χ0n) is 10.5. The second kappa shape index (κ2) is 4.65. The van der Waals surface area contributed by atoms with Crippen molar-refractivity contribution in [2.75, 3.05) is 0 Å². The monoisotopic (exact) mass is 274 g/mol. The maximum Gasteiger partial charge on any atom is 0.214 e. The Morgan fingerprint density at radius 2 is 2.26 bits per heavy atom. The zero-order valence-corrected chi connectivity index (χ0v) is 11.3. The molecule has 0 amide bonds. The third kappa shape index (κ3) is 2.46. The van der Waals surface area contributed by atoms with Gasteiger partial charge >= 0.3 is 0 Å². The summed E-state index contributed by atoms with van der Waals surface area (Å²) in [5.41, 5.74) is 7.45. The van der Waals surface area contributed by atoms with Crippen LogP contribution in [0.1, 0.15) is 30.0 Å². The number of amidine groups is 1. The highest BCUT2D eigenvalue weighted by Gasteiger charge is 2.28. The minimum atomic E-state index is 0.0663. The van der Waals surface area contributed by atoms with Crippen LogP contribution in [-0.4, -0.2) is 26.0 Å². The van der Waals surface area contributed by atoms with Crippen molar-refractivity contribution in [3.63, 3.8) is 0 Å². The van der Waals surface area contributed by atoms with Gasteiger partial charge in [-0.1, -0.05) is 11.6 Å². The Bertz CT molecular complexity index is 631. The van der Waals surface area contributed by atoms with Gasteiger partial charge < -0.3 is 5.73 Å². The second-order valence-electron chi connectivity index (χ2n) is 4.65. The molecule has 1 aliphatic rings. The first-order chi connectivity index (χ1) is 9.15. The predicted octanol–water partition coefficient (Wildman–Crippen LogP) is 1.75. The molecule has 7 heteroatoms. The first-order valence-corrected chi connectivity index (χ1v) is 6.87. The number of aromatic nitrogens is 4. The summed E-state index contributed by atoms with van der Waals surface area (Å²) < 4.78 is 1.86. The van der Waals surface area contributed by atoms with Crippen LogP contribution in [0.5, 0.6) is 0 Å². The van der Waals surface area contributed by atoms with Crippen molar-refractivity contribution >= 4 is 17.6 Å². The van der Waals surface area contributed by atoms with E-state index >= 15 is 0 Å². The van der Waals surface area contributed by atoms with Crippen molar-refractivity contribution in [3.05, 3.63) is 29.3 Å². The number of nitrogens with zero attached hydrogens (tertiary/aromatic N) is 4. The summed E-state index contributed by atoms with van der Waals surface area (Å²) in [7, 11) is 0. The lowest BCUT2D eigenvalue weighted by atomic mass is 10.1. The SMILES string of the molecule is Cc1ccc(Sc2nnnn2C2CC2)c(C(=N)N)c1. The van der Waals surface area contributed by atoms with Crippen LogP contribution in [0.4, 0.5) is 0 Å². The average molecular weight is 274 g/mol. The van der Waals surface area contributed by atoms with Crippen molar-refractivity contribution in [1.82, 2.24) is 20.2 Å². The first kappa shape index (κ1) is 12.2. The Balaban J connectivity index is 1.94. The molecule has 19 heavy (non-hydrogen) atoms. The molecule has 1 aliphatic carbocycles. The summed E-state index contributed by atoms with van der Waals surface area (Å²) in [6.45, 7) is 1.98. The fraction of sp³-hybridized carbons (Fsp3) is 0.333. The number of aryl methyl sites for hydroxylation is 1. The fourth-order valence-corrected chi connectivity index (χ4v) is 2.81. The molecule has 0 saturated heterocycles. The number of nitrogen functional groups attached to an aromatic ring is 1. The van der Waals surface area contributed by atoms with Gasteiger partial charge in [0, 0.05) is 10.5 Å². The number of nitrogens with two attached hydrogens (primary N) is 1. The Morgan fingerprint density at radius 1 is 1.47 bits per heavy atom. The van der Waals surface area contributed by atoms with E-state index in [0.717, 1.165) is 34.0 Å². The van der Waals surface area contributed by atoms with E-state index in [1.807, 2.05) is 29.8 Å². The van der Waals surface area contributed by atoms with Crippen LogP contribution in [0.15, 0.2) is 28.3 Å². The number of hydrogen-bond donors (Lipinski definition) is 2. The van der Waals surface area contributed by atoms with E-state index in [9.17, 15) is 0 Å². The molecule has 1 aromatic heterocycles. The minimum Gasteiger partial charge on any atom is -0.384 e. The molecular formula is C12H14N6S. The average Bonchev–Trinajstić information content (AvgIpc) is 3.12. The smallest absolute Gasteiger partial charge is 0.214 e. The van der Waals surface area contributed by atoms with Crippen LogP contribution >= 0.6 is 11.8 Å². The minimum absolute atomic E-state index is 0.0663. The lowest BCUT2D eigenvalue weighted by Crippen LogP contribution is -2.12. The molecule has 0 spiro atoms. The number of rotatable bonds is 4. The molecule has 3 N–H and O–H groups in total. The Kier molecular flexibility index (Phi) is 2.98. The fourth-order valence-electron chi connectivity index (χ4n) is 1.84. The van der Waals surface area contributed by atoms with E-state index in [0.29, 0.717) is 6.04 Å². The molecular weight excluding hydrogens is 260 g/mol. The highest BCUT2D eigenvalue weighted by molar-refractivity contribution is 7.99. The highest BCUT2D eigenvalue weighted by atomic mass is 32.2. The standard InChI is InChI=1S/C12H14N6S/c1-7-2-5-10(9(6-7)11(13)14)19-12-15-16-17-18(12)8-3-4-8/h2,5-6,8H,3-4H2,1H3,(H3,13,14). The van der Waals surface area contributed by atoms with Gasteiger partial charge in [-0.15, -0.1) is 5.10 Å². The van der Waals surface area contributed by atoms with Gasteiger partial charge in [-0.3, -0.25) is 5.41 Å². The quantitative estimate of drug-likeness (QED) is 0.654. The van der Waals surface area contributed by atoms with Crippen molar-refractivity contribution in [3.8, 4) is 0 Å². The summed E-state index contributed by atoms with van der Waals surface area (Å²) in [5.74, 6) is 0.0663. The zero-order chi connectivity index (χ0) is 13.4. The van der Waals surface area contributed by atoms with Crippen LogP contribution in [0.3, 0.4) is 0 Å². The summed E-state index contributed by atoms with van der Waals surface area (Å²) in [4.78, 5) is 0.912. The van der Waals surface area contributed by atoms with Crippen LogP contribution in [0.2, 0.25) is 0 Å². The van der Waals surface area contributed by atoms with E-state index in [2.05, 4.69) is 15.5 Å². The number of benzene rings is 1. The maximum atomic E-state index is 7.66. The number of hydrogen-bond acceptors (Lipinski definition) is 5. The van der Waals surface area contributed by atoms with Gasteiger partial charge in [0.15, 0.2) is 0 Å². The lowest BCUT2D eigenvalue weighted by Gasteiger charge is -2.08. The lowest BCUT2D eigenvalue weighted by molar-refractivity contribution is 0.565.